The number of hydrogen-bond acceptors (Lipinski definition) is 3. The predicted molar refractivity (Wildman–Crippen MR) is 20.3 cm³/mol. The molecular weight excluding hydrogens is 220 g/mol. The zero-order chi connectivity index (χ0) is 5.15. The van der Waals surface area contributed by atoms with Gasteiger partial charge in [-0.3, -0.25) is 0 Å². The number of carboxylic acid groups (broad SMARTS) is 2. The van der Waals surface area contributed by atoms with E-state index < -0.39 is 11.9 Å². The van der Waals surface area contributed by atoms with Crippen LogP contribution < -0.4 is 6.15 Å². The summed E-state index contributed by atoms with van der Waals surface area (Å²) in [5.74, 6) is -3.65. The number of hydrogen-bond donors (Lipinski definition) is 3. The van der Waals surface area contributed by atoms with E-state index in [4.69, 9.17) is 19.8 Å². The standard InChI is InChI=1S/C2H2O4.Co.H3N.Ni/c3-1(4)2(5)6;;;/h(H,3,4)(H,5,6);;1H3;. The average Bonchev–Trinajstić information content (AvgIpc) is 1.36. The molecular formula is C2H5CoNNiO4. The second-order valence-corrected chi connectivity index (χ2v) is 0.610. The smallest absolute Gasteiger partial charge is 0.414 e. The van der Waals surface area contributed by atoms with Crippen molar-refractivity contribution in [2.75, 3.05) is 0 Å². The Hall–Kier alpha value is -0.100. The SMILES string of the molecule is N.O=C(O)C(=O)O.[Co].[Ni]. The molecule has 5 nitrogen and oxygen atoms in total. The van der Waals surface area contributed by atoms with Crippen molar-refractivity contribution in [3.8, 4) is 0 Å². The van der Waals surface area contributed by atoms with Crippen molar-refractivity contribution in [1.29, 1.82) is 0 Å². The molecule has 0 aromatic rings. The van der Waals surface area contributed by atoms with E-state index in [0.29, 0.717) is 0 Å². The molecule has 0 saturated heterocycles. The molecule has 7 heteroatoms. The fourth-order valence-corrected chi connectivity index (χ4v) is 0. The molecule has 1 radical (unpaired) electrons. The van der Waals surface area contributed by atoms with Crippen LogP contribution in [0.15, 0.2) is 0 Å². The van der Waals surface area contributed by atoms with Crippen molar-refractivity contribution in [3.63, 3.8) is 0 Å². The molecule has 0 heterocycles. The van der Waals surface area contributed by atoms with Crippen LogP contribution in [0.2, 0.25) is 0 Å². The van der Waals surface area contributed by atoms with Crippen LogP contribution in [0.1, 0.15) is 0 Å². The van der Waals surface area contributed by atoms with Gasteiger partial charge in [0.05, 0.1) is 0 Å². The van der Waals surface area contributed by atoms with Crippen LogP contribution in [0.3, 0.4) is 0 Å². The third-order valence-corrected chi connectivity index (χ3v) is 0.183. The Morgan fingerprint density at radius 3 is 1.11 bits per heavy atom. The molecule has 61 valence electrons. The second-order valence-electron chi connectivity index (χ2n) is 0.610. The van der Waals surface area contributed by atoms with Gasteiger partial charge in [0.1, 0.15) is 0 Å². The molecule has 0 fully saturated rings. The van der Waals surface area contributed by atoms with Crippen LogP contribution in [0.4, 0.5) is 0 Å². The minimum atomic E-state index is -1.82. The number of rotatable bonds is 0. The molecule has 0 atom stereocenters. The minimum Gasteiger partial charge on any atom is -0.473 e. The molecule has 0 amide bonds. The third kappa shape index (κ3) is 18.1. The van der Waals surface area contributed by atoms with Crippen molar-refractivity contribution in [2.24, 2.45) is 0 Å². The van der Waals surface area contributed by atoms with E-state index >= 15 is 0 Å². The van der Waals surface area contributed by atoms with Crippen LogP contribution in [-0.4, -0.2) is 22.2 Å². The average molecular weight is 225 g/mol. The molecule has 0 unspecified atom stereocenters. The molecule has 9 heavy (non-hydrogen) atoms. The molecule has 0 bridgehead atoms. The molecule has 0 aliphatic carbocycles. The van der Waals surface area contributed by atoms with Crippen LogP contribution in [-0.2, 0) is 42.9 Å². The van der Waals surface area contributed by atoms with E-state index in [-0.39, 0.29) is 39.4 Å². The van der Waals surface area contributed by atoms with E-state index in [0.717, 1.165) is 0 Å². The molecule has 0 aromatic carbocycles. The van der Waals surface area contributed by atoms with E-state index in [1.54, 1.807) is 0 Å². The molecule has 0 aliphatic rings. The van der Waals surface area contributed by atoms with E-state index in [9.17, 15) is 0 Å². The van der Waals surface area contributed by atoms with Gasteiger partial charge in [0.25, 0.3) is 0 Å². The molecule has 0 aliphatic heterocycles. The van der Waals surface area contributed by atoms with Crippen molar-refractivity contribution in [1.82, 2.24) is 6.15 Å². The zero-order valence-corrected chi connectivity index (χ0v) is 6.10. The summed E-state index contributed by atoms with van der Waals surface area (Å²) in [5.41, 5.74) is 0. The second kappa shape index (κ2) is 10.8. The Bertz CT molecular complexity index is 84.6. The van der Waals surface area contributed by atoms with E-state index in [1.165, 1.54) is 0 Å². The fourth-order valence-electron chi connectivity index (χ4n) is 0. The summed E-state index contributed by atoms with van der Waals surface area (Å²) in [6.45, 7) is 0. The van der Waals surface area contributed by atoms with Gasteiger partial charge in [-0.05, 0) is 0 Å². The summed E-state index contributed by atoms with van der Waals surface area (Å²) in [4.78, 5) is 18.2. The first-order valence-electron chi connectivity index (χ1n) is 1.11. The largest absolute Gasteiger partial charge is 0.473 e. The summed E-state index contributed by atoms with van der Waals surface area (Å²) in [6, 6.07) is 0. The number of aliphatic carboxylic acids is 2. The van der Waals surface area contributed by atoms with Gasteiger partial charge in [-0.2, -0.15) is 0 Å². The van der Waals surface area contributed by atoms with Gasteiger partial charge >= 0.3 is 11.9 Å². The van der Waals surface area contributed by atoms with Crippen LogP contribution in [0, 0.1) is 0 Å². The summed E-state index contributed by atoms with van der Waals surface area (Å²) < 4.78 is 0. The maximum Gasteiger partial charge on any atom is 0.414 e. The van der Waals surface area contributed by atoms with Crippen LogP contribution in [0.5, 0.6) is 0 Å². The van der Waals surface area contributed by atoms with Crippen LogP contribution >= 0.6 is 0 Å². The molecule has 5 N–H and O–H groups in total. The normalized spacial score (nSPS) is 4.89. The summed E-state index contributed by atoms with van der Waals surface area (Å²) in [6.07, 6.45) is 0. The molecule has 0 saturated carbocycles. The van der Waals surface area contributed by atoms with Crippen LogP contribution in [0.25, 0.3) is 0 Å². The van der Waals surface area contributed by atoms with Gasteiger partial charge in [0, 0.05) is 33.3 Å². The topological polar surface area (TPSA) is 110 Å². The van der Waals surface area contributed by atoms with E-state index in [2.05, 4.69) is 0 Å². The van der Waals surface area contributed by atoms with Gasteiger partial charge in [-0.1, -0.05) is 0 Å². The van der Waals surface area contributed by atoms with Crippen molar-refractivity contribution in [2.45, 2.75) is 0 Å². The van der Waals surface area contributed by atoms with Gasteiger partial charge in [-0.15, -0.1) is 0 Å². The quantitative estimate of drug-likeness (QED) is 0.373. The zero-order valence-electron chi connectivity index (χ0n) is 4.07. The Morgan fingerprint density at radius 2 is 1.11 bits per heavy atom. The monoisotopic (exact) mass is 224 g/mol. The first-order chi connectivity index (χ1) is 2.64. The first-order valence-corrected chi connectivity index (χ1v) is 1.11. The summed E-state index contributed by atoms with van der Waals surface area (Å²) in [5, 5.41) is 14.8. The van der Waals surface area contributed by atoms with Gasteiger partial charge in [0.15, 0.2) is 0 Å². The number of carboxylic acids is 2. The fraction of sp³-hybridized carbons (Fsp3) is 0. The Labute approximate surface area is 71.5 Å². The van der Waals surface area contributed by atoms with Gasteiger partial charge < -0.3 is 16.4 Å². The summed E-state index contributed by atoms with van der Waals surface area (Å²) in [7, 11) is 0. The molecule has 0 aromatic heterocycles. The van der Waals surface area contributed by atoms with Crippen molar-refractivity contribution in [3.05, 3.63) is 0 Å². The third-order valence-electron chi connectivity index (χ3n) is 0.183. The van der Waals surface area contributed by atoms with Gasteiger partial charge in [-0.25, -0.2) is 9.59 Å². The van der Waals surface area contributed by atoms with E-state index in [1.807, 2.05) is 0 Å². The maximum atomic E-state index is 9.10. The minimum absolute atomic E-state index is 0. The number of carbonyl (C=O) groups is 2. The van der Waals surface area contributed by atoms with Crippen molar-refractivity contribution < 1.29 is 53.1 Å². The Kier molecular flexibility index (Phi) is 27.8. The molecule has 0 spiro atoms. The molecule has 0 rings (SSSR count). The maximum absolute atomic E-state index is 9.10. The summed E-state index contributed by atoms with van der Waals surface area (Å²) >= 11 is 0. The first kappa shape index (κ1) is 23.1. The Balaban J connectivity index is -0.0000000417. The predicted octanol–water partition coefficient (Wildman–Crippen LogP) is -0.687. The van der Waals surface area contributed by atoms with Gasteiger partial charge in [0.2, 0.25) is 0 Å². The Morgan fingerprint density at radius 1 is 1.00 bits per heavy atom. The van der Waals surface area contributed by atoms with Crippen molar-refractivity contribution >= 4 is 11.9 Å².